The number of benzene rings is 1. The lowest BCUT2D eigenvalue weighted by Crippen LogP contribution is -2.01. The van der Waals surface area contributed by atoms with E-state index in [-0.39, 0.29) is 0 Å². The van der Waals surface area contributed by atoms with Crippen molar-refractivity contribution in [2.75, 3.05) is 5.32 Å². The van der Waals surface area contributed by atoms with Gasteiger partial charge in [-0.15, -0.1) is 16.4 Å². The maximum Gasteiger partial charge on any atom is 0.143 e. The first kappa shape index (κ1) is 13.5. The summed E-state index contributed by atoms with van der Waals surface area (Å²) in [6, 6.07) is 7.69. The fourth-order valence-electron chi connectivity index (χ4n) is 1.71. The van der Waals surface area contributed by atoms with Crippen molar-refractivity contribution in [1.29, 1.82) is 0 Å². The molecule has 0 fully saturated rings. The van der Waals surface area contributed by atoms with E-state index in [2.05, 4.69) is 48.2 Å². The molecule has 0 saturated carbocycles. The number of hydrogen-bond acceptors (Lipinski definition) is 5. The minimum absolute atomic E-state index is 0.663. The van der Waals surface area contributed by atoms with Crippen molar-refractivity contribution >= 4 is 44.6 Å². The molecule has 0 bridgehead atoms. The quantitative estimate of drug-likeness (QED) is 0.760. The molecule has 3 rings (SSSR count). The molecule has 8 heteroatoms. The summed E-state index contributed by atoms with van der Waals surface area (Å²) >= 11 is 11.3. The molecule has 0 unspecified atom stereocenters. The van der Waals surface area contributed by atoms with Gasteiger partial charge in [0, 0.05) is 6.54 Å². The van der Waals surface area contributed by atoms with E-state index < -0.39 is 0 Å². The Bertz CT molecular complexity index is 712. The summed E-state index contributed by atoms with van der Waals surface area (Å²) in [5.41, 5.74) is 2.90. The number of hydrogen-bond donors (Lipinski definition) is 1. The highest BCUT2D eigenvalue weighted by Crippen LogP contribution is 2.26. The smallest absolute Gasteiger partial charge is 0.143 e. The molecular weight excluding hydrogens is 362 g/mol. The normalized spacial score (nSPS) is 10.7. The number of nitrogens with zero attached hydrogens (tertiary/aromatic N) is 4. The Morgan fingerprint density at radius 2 is 2.25 bits per heavy atom. The highest BCUT2D eigenvalue weighted by atomic mass is 79.9. The number of aromatic nitrogens is 4. The third kappa shape index (κ3) is 3.00. The topological polar surface area (TPSA) is 55.6 Å². The number of nitrogens with one attached hydrogen (secondary N) is 1. The van der Waals surface area contributed by atoms with E-state index in [1.54, 1.807) is 22.3 Å². The van der Waals surface area contributed by atoms with Crippen LogP contribution in [-0.4, -0.2) is 20.2 Å². The molecule has 0 atom stereocenters. The lowest BCUT2D eigenvalue weighted by Gasteiger charge is -2.09. The van der Waals surface area contributed by atoms with Crippen molar-refractivity contribution in [2.45, 2.75) is 6.54 Å². The molecule has 5 nitrogen and oxygen atoms in total. The molecule has 1 N–H and O–H groups in total. The van der Waals surface area contributed by atoms with Crippen LogP contribution in [0.5, 0.6) is 0 Å². The van der Waals surface area contributed by atoms with Crippen LogP contribution in [-0.2, 0) is 6.54 Å². The third-order valence-electron chi connectivity index (χ3n) is 2.67. The van der Waals surface area contributed by atoms with Crippen LogP contribution < -0.4 is 5.32 Å². The van der Waals surface area contributed by atoms with Crippen LogP contribution in [0.4, 0.5) is 5.69 Å². The van der Waals surface area contributed by atoms with Crippen LogP contribution in [0.3, 0.4) is 0 Å². The molecule has 0 aliphatic carbocycles. The van der Waals surface area contributed by atoms with E-state index >= 15 is 0 Å². The molecule has 0 radical (unpaired) electrons. The number of tetrazole rings is 1. The highest BCUT2D eigenvalue weighted by molar-refractivity contribution is 9.11. The van der Waals surface area contributed by atoms with Gasteiger partial charge in [0.1, 0.15) is 6.33 Å². The monoisotopic (exact) mass is 369 g/mol. The Morgan fingerprint density at radius 1 is 1.35 bits per heavy atom. The summed E-state index contributed by atoms with van der Waals surface area (Å²) in [4.78, 5) is 0. The molecular formula is C12H9BrClN5S. The van der Waals surface area contributed by atoms with Gasteiger partial charge in [-0.2, -0.15) is 0 Å². The summed E-state index contributed by atoms with van der Waals surface area (Å²) in [6.07, 6.45) is 1.54. The summed E-state index contributed by atoms with van der Waals surface area (Å²) in [6.45, 7) is 0.709. The van der Waals surface area contributed by atoms with Crippen LogP contribution in [0.1, 0.15) is 5.56 Å². The Hall–Kier alpha value is -1.44. The van der Waals surface area contributed by atoms with Gasteiger partial charge in [-0.05, 0) is 61.6 Å². The van der Waals surface area contributed by atoms with E-state index in [0.717, 1.165) is 15.2 Å². The molecule has 20 heavy (non-hydrogen) atoms. The first-order valence-electron chi connectivity index (χ1n) is 5.72. The second-order valence-electron chi connectivity index (χ2n) is 4.03. The molecule has 0 aliphatic rings. The maximum atomic E-state index is 6.20. The van der Waals surface area contributed by atoms with Crippen LogP contribution in [0.25, 0.3) is 5.69 Å². The Labute approximate surface area is 132 Å². The zero-order valence-corrected chi connectivity index (χ0v) is 13.3. The lowest BCUT2D eigenvalue weighted by atomic mass is 10.2. The lowest BCUT2D eigenvalue weighted by molar-refractivity contribution is 0.789. The SMILES string of the molecule is Clc1ccc(-n2cnnn2)cc1NCc1csc(Br)c1. The highest BCUT2D eigenvalue weighted by Gasteiger charge is 2.05. The van der Waals surface area contributed by atoms with Gasteiger partial charge in [0.15, 0.2) is 0 Å². The number of thiophene rings is 1. The fraction of sp³-hybridized carbons (Fsp3) is 0.0833. The van der Waals surface area contributed by atoms with Crippen molar-refractivity contribution in [3.05, 3.63) is 50.3 Å². The van der Waals surface area contributed by atoms with Crippen LogP contribution >= 0.6 is 38.9 Å². The van der Waals surface area contributed by atoms with Gasteiger partial charge in [0.2, 0.25) is 0 Å². The number of anilines is 1. The summed E-state index contributed by atoms with van der Waals surface area (Å²) in [5.74, 6) is 0. The van der Waals surface area contributed by atoms with Crippen molar-refractivity contribution in [3.63, 3.8) is 0 Å². The first-order chi connectivity index (χ1) is 9.72. The Morgan fingerprint density at radius 3 is 2.95 bits per heavy atom. The van der Waals surface area contributed by atoms with Crippen molar-refractivity contribution in [1.82, 2.24) is 20.2 Å². The largest absolute Gasteiger partial charge is 0.380 e. The van der Waals surface area contributed by atoms with E-state index in [0.29, 0.717) is 11.6 Å². The summed E-state index contributed by atoms with van der Waals surface area (Å²) in [5, 5.41) is 17.2. The summed E-state index contributed by atoms with van der Waals surface area (Å²) in [7, 11) is 0. The average Bonchev–Trinajstić information content (AvgIpc) is 3.09. The van der Waals surface area contributed by atoms with Crippen molar-refractivity contribution < 1.29 is 0 Å². The van der Waals surface area contributed by atoms with E-state index in [9.17, 15) is 0 Å². The first-order valence-corrected chi connectivity index (χ1v) is 7.77. The molecule has 102 valence electrons. The molecule has 2 heterocycles. The standard InChI is InChI=1S/C12H9BrClN5S/c13-12-3-8(6-20-12)5-15-11-4-9(1-2-10(11)14)19-7-16-17-18-19/h1-4,6-7,15H,5H2. The molecule has 1 aromatic carbocycles. The minimum atomic E-state index is 0.663. The van der Waals surface area contributed by atoms with E-state index in [4.69, 9.17) is 11.6 Å². The molecule has 0 saturated heterocycles. The molecule has 3 aromatic rings. The third-order valence-corrected chi connectivity index (χ3v) is 4.55. The second-order valence-corrected chi connectivity index (χ2v) is 6.73. The van der Waals surface area contributed by atoms with Gasteiger partial charge in [-0.1, -0.05) is 11.6 Å². The van der Waals surface area contributed by atoms with Gasteiger partial charge < -0.3 is 5.32 Å². The van der Waals surface area contributed by atoms with Gasteiger partial charge >= 0.3 is 0 Å². The Balaban J connectivity index is 1.80. The van der Waals surface area contributed by atoms with Gasteiger partial charge in [0.25, 0.3) is 0 Å². The molecule has 0 amide bonds. The van der Waals surface area contributed by atoms with E-state index in [1.165, 1.54) is 5.56 Å². The fourth-order valence-corrected chi connectivity index (χ4v) is 3.10. The second kappa shape index (κ2) is 5.90. The summed E-state index contributed by atoms with van der Waals surface area (Å²) < 4.78 is 2.70. The molecule has 0 aliphatic heterocycles. The zero-order chi connectivity index (χ0) is 13.9. The van der Waals surface area contributed by atoms with Gasteiger partial charge in [-0.3, -0.25) is 0 Å². The maximum absolute atomic E-state index is 6.20. The van der Waals surface area contributed by atoms with Crippen LogP contribution in [0, 0.1) is 0 Å². The Kier molecular flexibility index (Phi) is 4.00. The minimum Gasteiger partial charge on any atom is -0.380 e. The van der Waals surface area contributed by atoms with E-state index in [1.807, 2.05) is 18.2 Å². The van der Waals surface area contributed by atoms with Gasteiger partial charge in [-0.25, -0.2) is 4.68 Å². The predicted octanol–water partition coefficient (Wildman–Crippen LogP) is 3.75. The zero-order valence-electron chi connectivity index (χ0n) is 10.1. The average molecular weight is 371 g/mol. The number of rotatable bonds is 4. The van der Waals surface area contributed by atoms with Gasteiger partial charge in [0.05, 0.1) is 20.2 Å². The molecule has 2 aromatic heterocycles. The predicted molar refractivity (Wildman–Crippen MR) is 83.5 cm³/mol. The molecule has 0 spiro atoms. The van der Waals surface area contributed by atoms with Crippen LogP contribution in [0.15, 0.2) is 39.8 Å². The van der Waals surface area contributed by atoms with Crippen molar-refractivity contribution in [3.8, 4) is 5.69 Å². The van der Waals surface area contributed by atoms with Crippen LogP contribution in [0.2, 0.25) is 5.02 Å². The number of halogens is 2. The van der Waals surface area contributed by atoms with Crippen molar-refractivity contribution in [2.24, 2.45) is 0 Å².